The number of fused-ring (bicyclic) bond motifs is 1. The monoisotopic (exact) mass is 387 g/mol. The lowest BCUT2D eigenvalue weighted by Gasteiger charge is -2.22. The van der Waals surface area contributed by atoms with E-state index in [-0.39, 0.29) is 11.5 Å². The Bertz CT molecular complexity index is 954. The average molecular weight is 388 g/mol. The van der Waals surface area contributed by atoms with E-state index in [2.05, 4.69) is 11.5 Å². The van der Waals surface area contributed by atoms with Gasteiger partial charge in [0.05, 0.1) is 23.1 Å². The number of rotatable bonds is 7. The molecule has 6 heteroatoms. The molecule has 0 spiro atoms. The number of benzene rings is 2. The van der Waals surface area contributed by atoms with E-state index in [9.17, 15) is 9.18 Å². The number of halogens is 2. The molecule has 0 aliphatic carbocycles. The zero-order valence-electron chi connectivity index (χ0n) is 15.6. The Balaban J connectivity index is 1.98. The SMILES string of the molecule is CCCN(Cc1nc2ccc(Cl)cc2n1CCC)C(=O)c1ccccc1F. The van der Waals surface area contributed by atoms with Crippen LogP contribution in [0.2, 0.25) is 5.02 Å². The topological polar surface area (TPSA) is 38.1 Å². The van der Waals surface area contributed by atoms with Crippen LogP contribution < -0.4 is 0 Å². The van der Waals surface area contributed by atoms with Crippen molar-refractivity contribution >= 4 is 28.5 Å². The molecule has 2 aromatic carbocycles. The molecule has 0 aliphatic heterocycles. The number of imidazole rings is 1. The maximum absolute atomic E-state index is 14.1. The second-order valence-electron chi connectivity index (χ2n) is 6.52. The van der Waals surface area contributed by atoms with Gasteiger partial charge < -0.3 is 9.47 Å². The van der Waals surface area contributed by atoms with Crippen LogP contribution in [0.1, 0.15) is 42.9 Å². The third kappa shape index (κ3) is 4.14. The summed E-state index contributed by atoms with van der Waals surface area (Å²) < 4.78 is 16.2. The van der Waals surface area contributed by atoms with Crippen LogP contribution in [0.4, 0.5) is 4.39 Å². The Morgan fingerprint density at radius 2 is 1.96 bits per heavy atom. The largest absolute Gasteiger partial charge is 0.331 e. The van der Waals surface area contributed by atoms with Gasteiger partial charge in [0, 0.05) is 18.1 Å². The van der Waals surface area contributed by atoms with Gasteiger partial charge in [0.2, 0.25) is 0 Å². The fourth-order valence-corrected chi connectivity index (χ4v) is 3.40. The second-order valence-corrected chi connectivity index (χ2v) is 6.96. The molecule has 0 N–H and O–H groups in total. The smallest absolute Gasteiger partial charge is 0.257 e. The molecule has 0 saturated heterocycles. The summed E-state index contributed by atoms with van der Waals surface area (Å²) in [5.74, 6) is -0.0345. The minimum absolute atomic E-state index is 0.0900. The Morgan fingerprint density at radius 1 is 1.19 bits per heavy atom. The van der Waals surface area contributed by atoms with Gasteiger partial charge in [-0.05, 0) is 43.2 Å². The van der Waals surface area contributed by atoms with Crippen LogP contribution in [0.5, 0.6) is 0 Å². The van der Waals surface area contributed by atoms with Crippen LogP contribution in [0, 0.1) is 5.82 Å². The molecule has 142 valence electrons. The Labute approximate surface area is 163 Å². The first kappa shape index (κ1) is 19.4. The first-order valence-electron chi connectivity index (χ1n) is 9.23. The van der Waals surface area contributed by atoms with E-state index in [0.29, 0.717) is 18.1 Å². The van der Waals surface area contributed by atoms with Crippen molar-refractivity contribution in [3.63, 3.8) is 0 Å². The van der Waals surface area contributed by atoms with E-state index in [0.717, 1.165) is 36.2 Å². The molecule has 0 saturated carbocycles. The van der Waals surface area contributed by atoms with Gasteiger partial charge in [-0.2, -0.15) is 0 Å². The van der Waals surface area contributed by atoms with E-state index < -0.39 is 5.82 Å². The van der Waals surface area contributed by atoms with E-state index in [1.54, 1.807) is 17.0 Å². The Kier molecular flexibility index (Phi) is 6.11. The summed E-state index contributed by atoms with van der Waals surface area (Å²) in [7, 11) is 0. The van der Waals surface area contributed by atoms with Crippen molar-refractivity contribution in [1.29, 1.82) is 0 Å². The van der Waals surface area contributed by atoms with Crippen LogP contribution in [0.3, 0.4) is 0 Å². The van der Waals surface area contributed by atoms with Crippen LogP contribution in [0.15, 0.2) is 42.5 Å². The highest BCUT2D eigenvalue weighted by Crippen LogP contribution is 2.23. The predicted molar refractivity (Wildman–Crippen MR) is 106 cm³/mol. The second kappa shape index (κ2) is 8.53. The molecule has 0 radical (unpaired) electrons. The van der Waals surface area contributed by atoms with Crippen molar-refractivity contribution < 1.29 is 9.18 Å². The van der Waals surface area contributed by atoms with Crippen LogP contribution >= 0.6 is 11.6 Å². The van der Waals surface area contributed by atoms with Gasteiger partial charge in [-0.3, -0.25) is 4.79 Å². The molecule has 0 bridgehead atoms. The van der Waals surface area contributed by atoms with Crippen molar-refractivity contribution in [3.05, 3.63) is 64.7 Å². The van der Waals surface area contributed by atoms with Crippen LogP contribution in [-0.4, -0.2) is 26.9 Å². The van der Waals surface area contributed by atoms with Crippen molar-refractivity contribution in [1.82, 2.24) is 14.5 Å². The van der Waals surface area contributed by atoms with E-state index in [4.69, 9.17) is 16.6 Å². The van der Waals surface area contributed by atoms with Crippen LogP contribution in [-0.2, 0) is 13.1 Å². The number of carbonyl (C=O) groups excluding carboxylic acids is 1. The lowest BCUT2D eigenvalue weighted by molar-refractivity contribution is 0.0732. The number of amides is 1. The summed E-state index contributed by atoms with van der Waals surface area (Å²) in [5.41, 5.74) is 1.89. The standard InChI is InChI=1S/C21H23ClFN3O/c1-3-11-25(21(27)16-7-5-6-8-17(16)23)14-20-24-18-10-9-15(22)13-19(18)26(20)12-4-2/h5-10,13H,3-4,11-12,14H2,1-2H3. The number of hydrogen-bond acceptors (Lipinski definition) is 2. The predicted octanol–water partition coefficient (Wildman–Crippen LogP) is 5.29. The molecule has 1 amide bonds. The number of nitrogens with zero attached hydrogens (tertiary/aromatic N) is 3. The molecule has 0 fully saturated rings. The van der Waals surface area contributed by atoms with E-state index >= 15 is 0 Å². The minimum atomic E-state index is -0.502. The zero-order chi connectivity index (χ0) is 19.4. The zero-order valence-corrected chi connectivity index (χ0v) is 16.3. The maximum Gasteiger partial charge on any atom is 0.257 e. The molecule has 27 heavy (non-hydrogen) atoms. The summed E-state index contributed by atoms with van der Waals surface area (Å²) in [4.78, 5) is 19.3. The molecule has 4 nitrogen and oxygen atoms in total. The summed E-state index contributed by atoms with van der Waals surface area (Å²) >= 11 is 6.16. The highest BCUT2D eigenvalue weighted by molar-refractivity contribution is 6.31. The third-order valence-corrected chi connectivity index (χ3v) is 4.69. The normalized spacial score (nSPS) is 11.1. The lowest BCUT2D eigenvalue weighted by atomic mass is 10.2. The van der Waals surface area contributed by atoms with Gasteiger partial charge in [-0.1, -0.05) is 37.6 Å². The minimum Gasteiger partial charge on any atom is -0.331 e. The molecular formula is C21H23ClFN3O. The highest BCUT2D eigenvalue weighted by Gasteiger charge is 2.21. The van der Waals surface area contributed by atoms with Gasteiger partial charge in [0.1, 0.15) is 11.6 Å². The van der Waals surface area contributed by atoms with Crippen molar-refractivity contribution in [2.24, 2.45) is 0 Å². The number of carbonyl (C=O) groups is 1. The van der Waals surface area contributed by atoms with Gasteiger partial charge in [-0.25, -0.2) is 9.37 Å². The van der Waals surface area contributed by atoms with Crippen molar-refractivity contribution in [2.45, 2.75) is 39.8 Å². The first-order chi connectivity index (χ1) is 13.0. The molecule has 3 rings (SSSR count). The van der Waals surface area contributed by atoms with Crippen LogP contribution in [0.25, 0.3) is 11.0 Å². The van der Waals surface area contributed by atoms with E-state index in [1.807, 2.05) is 25.1 Å². The Morgan fingerprint density at radius 3 is 2.67 bits per heavy atom. The first-order valence-corrected chi connectivity index (χ1v) is 9.61. The summed E-state index contributed by atoms with van der Waals surface area (Å²) in [6, 6.07) is 11.7. The highest BCUT2D eigenvalue weighted by atomic mass is 35.5. The van der Waals surface area contributed by atoms with Gasteiger partial charge in [0.15, 0.2) is 0 Å². The number of aromatic nitrogens is 2. The molecule has 0 unspecified atom stereocenters. The number of aryl methyl sites for hydroxylation is 1. The quantitative estimate of drug-likeness (QED) is 0.552. The maximum atomic E-state index is 14.1. The fourth-order valence-electron chi connectivity index (χ4n) is 3.24. The summed E-state index contributed by atoms with van der Waals surface area (Å²) in [5, 5.41) is 0.652. The fraction of sp³-hybridized carbons (Fsp3) is 0.333. The van der Waals surface area contributed by atoms with Gasteiger partial charge in [0.25, 0.3) is 5.91 Å². The number of hydrogen-bond donors (Lipinski definition) is 0. The van der Waals surface area contributed by atoms with E-state index in [1.165, 1.54) is 12.1 Å². The summed E-state index contributed by atoms with van der Waals surface area (Å²) in [6.07, 6.45) is 1.71. The third-order valence-electron chi connectivity index (χ3n) is 4.45. The van der Waals surface area contributed by atoms with Crippen molar-refractivity contribution in [2.75, 3.05) is 6.54 Å². The molecule has 1 heterocycles. The molecule has 3 aromatic rings. The summed E-state index contributed by atoms with van der Waals surface area (Å²) in [6.45, 7) is 5.72. The molecule has 0 atom stereocenters. The lowest BCUT2D eigenvalue weighted by Crippen LogP contribution is -2.33. The van der Waals surface area contributed by atoms with Crippen molar-refractivity contribution in [3.8, 4) is 0 Å². The molecule has 1 aromatic heterocycles. The molecule has 0 aliphatic rings. The Hall–Kier alpha value is -2.40. The average Bonchev–Trinajstić information content (AvgIpc) is 2.98. The van der Waals surface area contributed by atoms with Gasteiger partial charge in [-0.15, -0.1) is 0 Å². The van der Waals surface area contributed by atoms with Gasteiger partial charge >= 0.3 is 0 Å². The molecular weight excluding hydrogens is 365 g/mol.